The number of halogens is 1. The van der Waals surface area contributed by atoms with E-state index in [1.165, 1.54) is 6.07 Å². The largest absolute Gasteiger partial charge is 0.388 e. The Morgan fingerprint density at radius 3 is 2.63 bits per heavy atom. The van der Waals surface area contributed by atoms with Gasteiger partial charge in [0, 0.05) is 25.0 Å². The van der Waals surface area contributed by atoms with Crippen molar-refractivity contribution < 1.29 is 14.3 Å². The zero-order chi connectivity index (χ0) is 19.5. The van der Waals surface area contributed by atoms with Gasteiger partial charge in [0.15, 0.2) is 0 Å². The number of urea groups is 1. The molecule has 1 saturated carbocycles. The topological polar surface area (TPSA) is 55.8 Å². The molecule has 6 heteroatoms. The van der Waals surface area contributed by atoms with Crippen LogP contribution in [0.3, 0.4) is 0 Å². The number of β-amino-alcohol motifs (C(OH)–C–C–N with tert-alkyl or cyclic N) is 1. The highest BCUT2D eigenvalue weighted by atomic mass is 19.1. The SMILES string of the molecule is CN(C)C[C@@]1(c2cccc(F)c2)CCCNC(=O)N(CC2(O)CCC2)CC1. The molecule has 1 saturated heterocycles. The zero-order valence-electron chi connectivity index (χ0n) is 16.5. The van der Waals surface area contributed by atoms with Gasteiger partial charge in [0.25, 0.3) is 0 Å². The lowest BCUT2D eigenvalue weighted by Gasteiger charge is -2.42. The van der Waals surface area contributed by atoms with Crippen LogP contribution >= 0.6 is 0 Å². The Kier molecular flexibility index (Phi) is 6.06. The van der Waals surface area contributed by atoms with E-state index in [2.05, 4.69) is 10.2 Å². The van der Waals surface area contributed by atoms with Gasteiger partial charge in [0.2, 0.25) is 0 Å². The van der Waals surface area contributed by atoms with Crippen molar-refractivity contribution in [1.29, 1.82) is 0 Å². The summed E-state index contributed by atoms with van der Waals surface area (Å²) in [5.41, 5.74) is 0.0279. The number of nitrogens with zero attached hydrogens (tertiary/aromatic N) is 2. The molecule has 0 spiro atoms. The van der Waals surface area contributed by atoms with Crippen molar-refractivity contribution in [2.24, 2.45) is 0 Å². The fourth-order valence-electron chi connectivity index (χ4n) is 4.52. The maximum Gasteiger partial charge on any atom is 0.317 e. The molecule has 0 aromatic heterocycles. The van der Waals surface area contributed by atoms with Crippen molar-refractivity contribution in [1.82, 2.24) is 15.1 Å². The third kappa shape index (κ3) is 4.79. The van der Waals surface area contributed by atoms with E-state index in [9.17, 15) is 14.3 Å². The van der Waals surface area contributed by atoms with Crippen LogP contribution < -0.4 is 5.32 Å². The van der Waals surface area contributed by atoms with E-state index in [-0.39, 0.29) is 17.3 Å². The van der Waals surface area contributed by atoms with E-state index < -0.39 is 5.60 Å². The highest BCUT2D eigenvalue weighted by molar-refractivity contribution is 5.74. The van der Waals surface area contributed by atoms with Crippen molar-refractivity contribution in [2.45, 2.75) is 49.5 Å². The lowest BCUT2D eigenvalue weighted by atomic mass is 9.73. The normalized spacial score (nSPS) is 26.0. The molecule has 1 aromatic carbocycles. The highest BCUT2D eigenvalue weighted by Crippen LogP contribution is 2.37. The number of benzene rings is 1. The Bertz CT molecular complexity index is 663. The minimum absolute atomic E-state index is 0.102. The molecule has 1 heterocycles. The molecule has 1 atom stereocenters. The molecule has 27 heavy (non-hydrogen) atoms. The van der Waals surface area contributed by atoms with Crippen LogP contribution in [0.5, 0.6) is 0 Å². The third-order valence-corrected chi connectivity index (χ3v) is 6.08. The number of nitrogens with one attached hydrogen (secondary N) is 1. The van der Waals surface area contributed by atoms with E-state index in [0.29, 0.717) is 19.6 Å². The minimum atomic E-state index is -0.742. The molecule has 1 aliphatic carbocycles. The molecule has 150 valence electrons. The zero-order valence-corrected chi connectivity index (χ0v) is 16.5. The fourth-order valence-corrected chi connectivity index (χ4v) is 4.52. The van der Waals surface area contributed by atoms with Gasteiger partial charge in [-0.2, -0.15) is 0 Å². The Morgan fingerprint density at radius 1 is 1.22 bits per heavy atom. The maximum atomic E-state index is 14.0. The molecule has 2 fully saturated rings. The van der Waals surface area contributed by atoms with Crippen molar-refractivity contribution >= 4 is 6.03 Å². The van der Waals surface area contributed by atoms with Crippen LogP contribution in [0.1, 0.15) is 44.1 Å². The van der Waals surface area contributed by atoms with Crippen LogP contribution in [0.4, 0.5) is 9.18 Å². The summed E-state index contributed by atoms with van der Waals surface area (Å²) < 4.78 is 14.0. The first kappa shape index (κ1) is 20.1. The molecule has 0 bridgehead atoms. The highest BCUT2D eigenvalue weighted by Gasteiger charge is 2.40. The van der Waals surface area contributed by atoms with E-state index >= 15 is 0 Å². The van der Waals surface area contributed by atoms with Crippen LogP contribution in [0.15, 0.2) is 24.3 Å². The molecule has 2 N–H and O–H groups in total. The van der Waals surface area contributed by atoms with Gasteiger partial charge in [-0.3, -0.25) is 0 Å². The summed E-state index contributed by atoms with van der Waals surface area (Å²) in [6, 6.07) is 6.79. The van der Waals surface area contributed by atoms with Crippen molar-refractivity contribution in [3.63, 3.8) is 0 Å². The molecular weight excluding hydrogens is 345 g/mol. The summed E-state index contributed by atoms with van der Waals surface area (Å²) >= 11 is 0. The predicted octanol–water partition coefficient (Wildman–Crippen LogP) is 2.74. The Hall–Kier alpha value is -1.66. The first-order valence-corrected chi connectivity index (χ1v) is 9.98. The van der Waals surface area contributed by atoms with Gasteiger partial charge in [0.1, 0.15) is 5.82 Å². The van der Waals surface area contributed by atoms with Gasteiger partial charge in [-0.25, -0.2) is 9.18 Å². The summed E-state index contributed by atoms with van der Waals surface area (Å²) in [7, 11) is 4.07. The Morgan fingerprint density at radius 2 is 2.00 bits per heavy atom. The summed E-state index contributed by atoms with van der Waals surface area (Å²) in [5.74, 6) is -0.222. The smallest absolute Gasteiger partial charge is 0.317 e. The van der Waals surface area contributed by atoms with Crippen LogP contribution in [0.25, 0.3) is 0 Å². The van der Waals surface area contributed by atoms with E-state index in [1.807, 2.05) is 20.2 Å². The lowest BCUT2D eigenvalue weighted by molar-refractivity contribution is -0.0517. The average Bonchev–Trinajstić information content (AvgIpc) is 2.65. The van der Waals surface area contributed by atoms with Crippen LogP contribution in [0.2, 0.25) is 0 Å². The number of likely N-dealkylation sites (N-methyl/N-ethyl adjacent to an activating group) is 1. The van der Waals surface area contributed by atoms with Crippen LogP contribution in [-0.2, 0) is 5.41 Å². The number of carbonyl (C=O) groups is 1. The molecular formula is C21H32FN3O2. The first-order valence-electron chi connectivity index (χ1n) is 9.98. The molecule has 2 amide bonds. The molecule has 5 nitrogen and oxygen atoms in total. The second kappa shape index (κ2) is 8.15. The van der Waals surface area contributed by atoms with Crippen molar-refractivity contribution in [3.8, 4) is 0 Å². The lowest BCUT2D eigenvalue weighted by Crippen LogP contribution is -2.53. The van der Waals surface area contributed by atoms with Gasteiger partial charge in [-0.05, 0) is 70.3 Å². The Balaban J connectivity index is 1.87. The van der Waals surface area contributed by atoms with Gasteiger partial charge < -0.3 is 20.2 Å². The van der Waals surface area contributed by atoms with Gasteiger partial charge in [-0.15, -0.1) is 0 Å². The number of hydrogen-bond donors (Lipinski definition) is 2. The second-order valence-electron chi connectivity index (χ2n) is 8.61. The molecule has 2 aliphatic rings. The fraction of sp³-hybridized carbons (Fsp3) is 0.667. The molecule has 3 rings (SSSR count). The van der Waals surface area contributed by atoms with Crippen molar-refractivity contribution in [3.05, 3.63) is 35.6 Å². The summed E-state index contributed by atoms with van der Waals surface area (Å²) in [6.07, 6.45) is 4.99. The number of amides is 2. The quantitative estimate of drug-likeness (QED) is 0.830. The van der Waals surface area contributed by atoms with Gasteiger partial charge in [0.05, 0.1) is 12.1 Å². The van der Waals surface area contributed by atoms with Gasteiger partial charge >= 0.3 is 6.03 Å². The summed E-state index contributed by atoms with van der Waals surface area (Å²) in [6.45, 7) is 2.32. The van der Waals surface area contributed by atoms with E-state index in [0.717, 1.165) is 50.6 Å². The van der Waals surface area contributed by atoms with E-state index in [4.69, 9.17) is 0 Å². The molecule has 1 aliphatic heterocycles. The Labute approximate surface area is 161 Å². The standard InChI is InChI=1S/C21H32FN3O2/c1-24(2)15-20(17-6-3-7-18(22)14-17)8-5-12-23-19(26)25(13-11-20)16-21(27)9-4-10-21/h3,6-7,14,27H,4-5,8-13,15-16H2,1-2H3,(H,23,26)/t20-/m1/s1. The number of hydrogen-bond acceptors (Lipinski definition) is 3. The summed E-state index contributed by atoms with van der Waals surface area (Å²) in [4.78, 5) is 16.5. The van der Waals surface area contributed by atoms with Crippen LogP contribution in [-0.4, -0.2) is 66.8 Å². The molecule has 0 radical (unpaired) electrons. The minimum Gasteiger partial charge on any atom is -0.388 e. The van der Waals surface area contributed by atoms with Gasteiger partial charge in [-0.1, -0.05) is 12.1 Å². The maximum absolute atomic E-state index is 14.0. The second-order valence-corrected chi connectivity index (χ2v) is 8.61. The first-order chi connectivity index (χ1) is 12.8. The monoisotopic (exact) mass is 377 g/mol. The van der Waals surface area contributed by atoms with Crippen LogP contribution in [0, 0.1) is 5.82 Å². The van der Waals surface area contributed by atoms with E-state index in [1.54, 1.807) is 17.0 Å². The third-order valence-electron chi connectivity index (χ3n) is 6.08. The summed E-state index contributed by atoms with van der Waals surface area (Å²) in [5, 5.41) is 13.5. The number of rotatable bonds is 5. The predicted molar refractivity (Wildman–Crippen MR) is 104 cm³/mol. The number of carbonyl (C=O) groups excluding carboxylic acids is 1. The molecule has 1 aromatic rings. The average molecular weight is 378 g/mol. The molecule has 0 unspecified atom stereocenters. The number of aliphatic hydroxyl groups is 1. The van der Waals surface area contributed by atoms with Crippen molar-refractivity contribution in [2.75, 3.05) is 40.3 Å².